The molecule has 6 aromatic carbocycles. The maximum absolute atomic E-state index is 13.2. The van der Waals surface area contributed by atoms with Crippen molar-refractivity contribution in [3.05, 3.63) is 169 Å². The van der Waals surface area contributed by atoms with Crippen LogP contribution in [0.4, 0.5) is 0 Å². The fraction of sp³-hybridized carbons (Fsp3) is 0.0976. The third-order valence-electron chi connectivity index (χ3n) is 8.67. The predicted octanol–water partition coefficient (Wildman–Crippen LogP) is 8.87. The Balaban J connectivity index is 1.50. The molecule has 1 heterocycles. The first-order chi connectivity index (χ1) is 21.6. The standard InChI is InChI=1S/C41H33NO2/c43-40-22-21-39(42-40)41(44,37-25-33(29-13-5-1-6-14-29)23-34(26-37)30-15-7-2-8-16-30)38-27-35(31-17-9-3-10-18-31)24-36(28-38)32-19-11-4-12-20-32/h1-20,23-28,39,44H,21-22H2,(H,42,43)/t39-/m1/s1. The smallest absolute Gasteiger partial charge is 0.220 e. The monoisotopic (exact) mass is 571 g/mol. The molecule has 3 heteroatoms. The molecule has 0 unspecified atom stereocenters. The summed E-state index contributed by atoms with van der Waals surface area (Å²) in [6.45, 7) is 0. The number of rotatable bonds is 7. The van der Waals surface area contributed by atoms with Crippen LogP contribution in [0.5, 0.6) is 0 Å². The van der Waals surface area contributed by atoms with Crippen LogP contribution in [0.3, 0.4) is 0 Å². The van der Waals surface area contributed by atoms with Crippen LogP contribution in [-0.4, -0.2) is 17.1 Å². The maximum atomic E-state index is 13.2. The van der Waals surface area contributed by atoms with Crippen LogP contribution in [0, 0.1) is 0 Å². The van der Waals surface area contributed by atoms with Gasteiger partial charge in [0.15, 0.2) is 0 Å². The Labute approximate surface area is 258 Å². The Hall–Kier alpha value is -5.25. The summed E-state index contributed by atoms with van der Waals surface area (Å²) in [4.78, 5) is 12.7. The molecule has 0 aliphatic carbocycles. The van der Waals surface area contributed by atoms with Crippen LogP contribution < -0.4 is 5.32 Å². The molecule has 44 heavy (non-hydrogen) atoms. The van der Waals surface area contributed by atoms with Gasteiger partial charge in [-0.25, -0.2) is 0 Å². The van der Waals surface area contributed by atoms with Gasteiger partial charge in [0.05, 0.1) is 6.04 Å². The predicted molar refractivity (Wildman–Crippen MR) is 179 cm³/mol. The van der Waals surface area contributed by atoms with E-state index in [1.165, 1.54) is 0 Å². The van der Waals surface area contributed by atoms with Crippen molar-refractivity contribution < 1.29 is 9.90 Å². The first-order valence-corrected chi connectivity index (χ1v) is 15.1. The molecule has 1 fully saturated rings. The Bertz CT molecular complexity index is 1660. The van der Waals surface area contributed by atoms with Crippen molar-refractivity contribution in [2.45, 2.75) is 24.5 Å². The number of hydrogen-bond donors (Lipinski definition) is 2. The molecule has 0 bridgehead atoms. The zero-order chi connectivity index (χ0) is 29.9. The first kappa shape index (κ1) is 27.6. The lowest BCUT2D eigenvalue weighted by Crippen LogP contribution is -2.47. The highest BCUT2D eigenvalue weighted by atomic mass is 16.3. The van der Waals surface area contributed by atoms with Crippen LogP contribution in [-0.2, 0) is 10.4 Å². The molecule has 0 radical (unpaired) electrons. The van der Waals surface area contributed by atoms with Gasteiger partial charge in [-0.2, -0.15) is 0 Å². The van der Waals surface area contributed by atoms with E-state index in [2.05, 4.69) is 90.2 Å². The Kier molecular flexibility index (Phi) is 7.39. The summed E-state index contributed by atoms with van der Waals surface area (Å²) in [7, 11) is 0. The Morgan fingerprint density at radius 1 is 0.477 bits per heavy atom. The summed E-state index contributed by atoms with van der Waals surface area (Å²) in [6.07, 6.45) is 0.905. The van der Waals surface area contributed by atoms with Crippen molar-refractivity contribution in [3.63, 3.8) is 0 Å². The van der Waals surface area contributed by atoms with E-state index < -0.39 is 11.6 Å². The molecule has 1 amide bonds. The van der Waals surface area contributed by atoms with Gasteiger partial charge in [0.2, 0.25) is 5.91 Å². The average molecular weight is 572 g/mol. The topological polar surface area (TPSA) is 49.3 Å². The van der Waals surface area contributed by atoms with Gasteiger partial charge in [-0.15, -0.1) is 0 Å². The average Bonchev–Trinajstić information content (AvgIpc) is 3.55. The summed E-state index contributed by atoms with van der Waals surface area (Å²) >= 11 is 0. The molecule has 214 valence electrons. The fourth-order valence-electron chi connectivity index (χ4n) is 6.38. The molecule has 1 aliphatic rings. The van der Waals surface area contributed by atoms with Gasteiger partial charge >= 0.3 is 0 Å². The summed E-state index contributed by atoms with van der Waals surface area (Å²) < 4.78 is 0. The van der Waals surface area contributed by atoms with Gasteiger partial charge in [-0.1, -0.05) is 121 Å². The minimum atomic E-state index is -1.51. The molecular formula is C41H33NO2. The lowest BCUT2D eigenvalue weighted by molar-refractivity contribution is -0.120. The number of aliphatic hydroxyl groups is 1. The summed E-state index contributed by atoms with van der Waals surface area (Å²) in [5, 5.41) is 16.4. The summed E-state index contributed by atoms with van der Waals surface area (Å²) in [6, 6.07) is 53.2. The molecule has 0 spiro atoms. The number of nitrogens with one attached hydrogen (secondary N) is 1. The van der Waals surface area contributed by atoms with Crippen molar-refractivity contribution in [3.8, 4) is 44.5 Å². The number of carbonyl (C=O) groups is 1. The first-order valence-electron chi connectivity index (χ1n) is 15.1. The molecule has 1 saturated heterocycles. The molecule has 2 N–H and O–H groups in total. The normalized spacial score (nSPS) is 14.8. The third kappa shape index (κ3) is 5.34. The van der Waals surface area contributed by atoms with Crippen molar-refractivity contribution >= 4 is 5.91 Å². The van der Waals surface area contributed by atoms with E-state index in [1.807, 2.05) is 72.8 Å². The number of carbonyl (C=O) groups excluding carboxylic acids is 1. The van der Waals surface area contributed by atoms with Crippen LogP contribution in [0.15, 0.2) is 158 Å². The van der Waals surface area contributed by atoms with Gasteiger partial charge in [0.1, 0.15) is 5.60 Å². The SMILES string of the molecule is O=C1CC[C@H](C(O)(c2cc(-c3ccccc3)cc(-c3ccccc3)c2)c2cc(-c3ccccc3)cc(-c3ccccc3)c2)N1. The van der Waals surface area contributed by atoms with Gasteiger partial charge in [0.25, 0.3) is 0 Å². The molecule has 3 nitrogen and oxygen atoms in total. The minimum absolute atomic E-state index is 0.0431. The van der Waals surface area contributed by atoms with Crippen LogP contribution in [0.2, 0.25) is 0 Å². The van der Waals surface area contributed by atoms with Crippen molar-refractivity contribution in [1.29, 1.82) is 0 Å². The summed E-state index contributed by atoms with van der Waals surface area (Å²) in [5.74, 6) is -0.0431. The van der Waals surface area contributed by atoms with Gasteiger partial charge in [0, 0.05) is 6.42 Å². The van der Waals surface area contributed by atoms with Crippen LogP contribution in [0.1, 0.15) is 24.0 Å². The largest absolute Gasteiger partial charge is 0.378 e. The molecular weight excluding hydrogens is 538 g/mol. The zero-order valence-electron chi connectivity index (χ0n) is 24.4. The third-order valence-corrected chi connectivity index (χ3v) is 8.67. The lowest BCUT2D eigenvalue weighted by Gasteiger charge is -2.36. The molecule has 1 aliphatic heterocycles. The zero-order valence-corrected chi connectivity index (χ0v) is 24.4. The highest BCUT2D eigenvalue weighted by molar-refractivity contribution is 5.81. The van der Waals surface area contributed by atoms with Crippen LogP contribution in [0.25, 0.3) is 44.5 Å². The van der Waals surface area contributed by atoms with E-state index in [9.17, 15) is 9.90 Å². The van der Waals surface area contributed by atoms with Crippen molar-refractivity contribution in [2.24, 2.45) is 0 Å². The van der Waals surface area contributed by atoms with E-state index in [0.29, 0.717) is 12.8 Å². The number of benzene rings is 6. The van der Waals surface area contributed by atoms with E-state index in [1.54, 1.807) is 0 Å². The Morgan fingerprint density at radius 2 is 0.795 bits per heavy atom. The van der Waals surface area contributed by atoms with E-state index in [-0.39, 0.29) is 5.91 Å². The van der Waals surface area contributed by atoms with E-state index in [4.69, 9.17) is 0 Å². The van der Waals surface area contributed by atoms with E-state index >= 15 is 0 Å². The molecule has 6 aromatic rings. The Morgan fingerprint density at radius 3 is 1.07 bits per heavy atom. The quantitative estimate of drug-likeness (QED) is 0.201. The van der Waals surface area contributed by atoms with Crippen LogP contribution >= 0.6 is 0 Å². The number of hydrogen-bond acceptors (Lipinski definition) is 2. The van der Waals surface area contributed by atoms with Crippen molar-refractivity contribution in [1.82, 2.24) is 5.32 Å². The fourth-order valence-corrected chi connectivity index (χ4v) is 6.38. The second-order valence-electron chi connectivity index (χ2n) is 11.5. The van der Waals surface area contributed by atoms with E-state index in [0.717, 1.165) is 55.6 Å². The minimum Gasteiger partial charge on any atom is -0.378 e. The highest BCUT2D eigenvalue weighted by Crippen LogP contribution is 2.43. The van der Waals surface area contributed by atoms with Gasteiger partial charge in [-0.05, 0) is 98.5 Å². The molecule has 1 atom stereocenters. The lowest BCUT2D eigenvalue weighted by atomic mass is 9.76. The van der Waals surface area contributed by atoms with Gasteiger partial charge < -0.3 is 10.4 Å². The summed E-state index contributed by atoms with van der Waals surface area (Å²) in [5.41, 5.74) is 8.26. The highest BCUT2D eigenvalue weighted by Gasteiger charge is 2.44. The number of amides is 1. The second kappa shape index (κ2) is 11.8. The van der Waals surface area contributed by atoms with Crippen molar-refractivity contribution in [2.75, 3.05) is 0 Å². The van der Waals surface area contributed by atoms with Gasteiger partial charge in [-0.3, -0.25) is 4.79 Å². The molecule has 7 rings (SSSR count). The maximum Gasteiger partial charge on any atom is 0.220 e. The molecule has 0 aromatic heterocycles. The second-order valence-corrected chi connectivity index (χ2v) is 11.5. The molecule has 0 saturated carbocycles.